The lowest BCUT2D eigenvalue weighted by atomic mass is 9.73. The molecule has 0 aliphatic carbocycles. The quantitative estimate of drug-likeness (QED) is 0.652. The van der Waals surface area contributed by atoms with Crippen LogP contribution in [-0.4, -0.2) is 0 Å². The zero-order valence-corrected chi connectivity index (χ0v) is 8.44. The Bertz CT molecular complexity index is 139. The standard InChI is InChI=1S/C10H21N/c1-7(2)9(8(3)11)10(4,5)6/h7,9H,3,11H2,1-2,4-6H3. The van der Waals surface area contributed by atoms with Gasteiger partial charge in [0.25, 0.3) is 0 Å². The van der Waals surface area contributed by atoms with E-state index < -0.39 is 0 Å². The summed E-state index contributed by atoms with van der Waals surface area (Å²) in [6, 6.07) is 0. The first kappa shape index (κ1) is 10.5. The highest BCUT2D eigenvalue weighted by Gasteiger charge is 2.28. The average molecular weight is 155 g/mol. The van der Waals surface area contributed by atoms with Crippen LogP contribution in [0.5, 0.6) is 0 Å². The lowest BCUT2D eigenvalue weighted by Gasteiger charge is -2.33. The van der Waals surface area contributed by atoms with Crippen molar-refractivity contribution in [2.45, 2.75) is 34.6 Å². The van der Waals surface area contributed by atoms with Gasteiger partial charge in [0.15, 0.2) is 0 Å². The van der Waals surface area contributed by atoms with Crippen molar-refractivity contribution in [1.29, 1.82) is 0 Å². The summed E-state index contributed by atoms with van der Waals surface area (Å²) in [7, 11) is 0. The number of hydrogen-bond acceptors (Lipinski definition) is 1. The average Bonchev–Trinajstić information content (AvgIpc) is 1.54. The fourth-order valence-electron chi connectivity index (χ4n) is 1.98. The Morgan fingerprint density at radius 2 is 1.64 bits per heavy atom. The van der Waals surface area contributed by atoms with E-state index in [9.17, 15) is 0 Å². The van der Waals surface area contributed by atoms with Crippen molar-refractivity contribution >= 4 is 0 Å². The summed E-state index contributed by atoms with van der Waals surface area (Å²) in [6.45, 7) is 14.8. The molecule has 1 atom stereocenters. The van der Waals surface area contributed by atoms with E-state index in [1.165, 1.54) is 0 Å². The van der Waals surface area contributed by atoms with Crippen LogP contribution in [0.25, 0.3) is 0 Å². The van der Waals surface area contributed by atoms with Crippen LogP contribution in [0.2, 0.25) is 0 Å². The van der Waals surface area contributed by atoms with Gasteiger partial charge in [-0.15, -0.1) is 0 Å². The first-order valence-electron chi connectivity index (χ1n) is 4.21. The summed E-state index contributed by atoms with van der Waals surface area (Å²) in [4.78, 5) is 0. The third-order valence-corrected chi connectivity index (χ3v) is 2.00. The molecule has 1 unspecified atom stereocenters. The largest absolute Gasteiger partial charge is 0.402 e. The van der Waals surface area contributed by atoms with Gasteiger partial charge in [0.05, 0.1) is 0 Å². The SMILES string of the molecule is C=C(N)C(C(C)C)C(C)(C)C. The molecule has 0 aromatic carbocycles. The summed E-state index contributed by atoms with van der Waals surface area (Å²) >= 11 is 0. The minimum Gasteiger partial charge on any atom is -0.402 e. The van der Waals surface area contributed by atoms with E-state index in [0.29, 0.717) is 11.8 Å². The third kappa shape index (κ3) is 2.96. The van der Waals surface area contributed by atoms with Crippen LogP contribution in [0, 0.1) is 17.3 Å². The van der Waals surface area contributed by atoms with Crippen LogP contribution in [0.15, 0.2) is 12.3 Å². The van der Waals surface area contributed by atoms with Gasteiger partial charge in [-0.2, -0.15) is 0 Å². The Labute approximate surface area is 70.7 Å². The lowest BCUT2D eigenvalue weighted by molar-refractivity contribution is 0.215. The summed E-state index contributed by atoms with van der Waals surface area (Å²) < 4.78 is 0. The second-order valence-electron chi connectivity index (χ2n) is 4.66. The lowest BCUT2D eigenvalue weighted by Crippen LogP contribution is -2.29. The molecule has 0 amide bonds. The van der Waals surface area contributed by atoms with Crippen LogP contribution in [-0.2, 0) is 0 Å². The molecule has 66 valence electrons. The van der Waals surface area contributed by atoms with E-state index in [1.54, 1.807) is 0 Å². The Hall–Kier alpha value is -0.460. The molecule has 0 saturated heterocycles. The van der Waals surface area contributed by atoms with Crippen molar-refractivity contribution in [3.05, 3.63) is 12.3 Å². The summed E-state index contributed by atoms with van der Waals surface area (Å²) in [5, 5.41) is 0. The van der Waals surface area contributed by atoms with Gasteiger partial charge in [0.2, 0.25) is 0 Å². The van der Waals surface area contributed by atoms with Crippen molar-refractivity contribution in [3.8, 4) is 0 Å². The van der Waals surface area contributed by atoms with Crippen LogP contribution >= 0.6 is 0 Å². The molecule has 0 aliphatic heterocycles. The fraction of sp³-hybridized carbons (Fsp3) is 0.800. The van der Waals surface area contributed by atoms with Crippen molar-refractivity contribution < 1.29 is 0 Å². The van der Waals surface area contributed by atoms with E-state index >= 15 is 0 Å². The van der Waals surface area contributed by atoms with Crippen molar-refractivity contribution in [1.82, 2.24) is 0 Å². The highest BCUT2D eigenvalue weighted by molar-refractivity contribution is 5.01. The summed E-state index contributed by atoms with van der Waals surface area (Å²) in [5.41, 5.74) is 6.78. The van der Waals surface area contributed by atoms with E-state index in [1.807, 2.05) is 0 Å². The van der Waals surface area contributed by atoms with Gasteiger partial charge in [0.1, 0.15) is 0 Å². The Morgan fingerprint density at radius 1 is 1.27 bits per heavy atom. The van der Waals surface area contributed by atoms with E-state index in [4.69, 9.17) is 5.73 Å². The molecule has 2 N–H and O–H groups in total. The molecule has 0 aromatic heterocycles. The minimum absolute atomic E-state index is 0.236. The maximum Gasteiger partial charge on any atom is 0.00499 e. The molecular weight excluding hydrogens is 134 g/mol. The molecule has 0 bridgehead atoms. The van der Waals surface area contributed by atoms with Gasteiger partial charge < -0.3 is 5.73 Å². The summed E-state index contributed by atoms with van der Waals surface area (Å²) in [6.07, 6.45) is 0. The molecule has 11 heavy (non-hydrogen) atoms. The van der Waals surface area contributed by atoms with Gasteiger partial charge in [-0.3, -0.25) is 0 Å². The van der Waals surface area contributed by atoms with Crippen LogP contribution in [0.3, 0.4) is 0 Å². The minimum atomic E-state index is 0.236. The molecule has 0 aliphatic rings. The predicted molar refractivity (Wildman–Crippen MR) is 51.1 cm³/mol. The van der Waals surface area contributed by atoms with Crippen molar-refractivity contribution in [2.24, 2.45) is 23.0 Å². The van der Waals surface area contributed by atoms with Crippen LogP contribution < -0.4 is 5.73 Å². The molecule has 0 saturated carbocycles. The van der Waals surface area contributed by atoms with Crippen molar-refractivity contribution in [3.63, 3.8) is 0 Å². The van der Waals surface area contributed by atoms with Gasteiger partial charge >= 0.3 is 0 Å². The predicted octanol–water partition coefficient (Wildman–Crippen LogP) is 2.78. The molecule has 1 heteroatoms. The Kier molecular flexibility index (Phi) is 3.15. The van der Waals surface area contributed by atoms with E-state index in [-0.39, 0.29) is 5.41 Å². The zero-order valence-electron chi connectivity index (χ0n) is 8.44. The number of rotatable bonds is 2. The third-order valence-electron chi connectivity index (χ3n) is 2.00. The maximum absolute atomic E-state index is 5.73. The molecule has 0 spiro atoms. The topological polar surface area (TPSA) is 26.0 Å². The molecule has 1 nitrogen and oxygen atoms in total. The van der Waals surface area contributed by atoms with Gasteiger partial charge in [0, 0.05) is 11.6 Å². The highest BCUT2D eigenvalue weighted by Crippen LogP contribution is 2.34. The smallest absolute Gasteiger partial charge is 0.00499 e. The van der Waals surface area contributed by atoms with Gasteiger partial charge in [-0.1, -0.05) is 41.2 Å². The normalized spacial score (nSPS) is 15.1. The molecule has 0 aromatic rings. The molecule has 0 heterocycles. The van der Waals surface area contributed by atoms with Gasteiger partial charge in [-0.25, -0.2) is 0 Å². The molecule has 0 rings (SSSR count). The fourth-order valence-corrected chi connectivity index (χ4v) is 1.98. The maximum atomic E-state index is 5.73. The Morgan fingerprint density at radius 3 is 1.64 bits per heavy atom. The molecular formula is C10H21N. The number of allylic oxidation sites excluding steroid dienone is 1. The number of hydrogen-bond donors (Lipinski definition) is 1. The second-order valence-corrected chi connectivity index (χ2v) is 4.66. The first-order chi connectivity index (χ1) is 4.76. The second kappa shape index (κ2) is 3.29. The summed E-state index contributed by atoms with van der Waals surface area (Å²) in [5.74, 6) is 0.995. The van der Waals surface area contributed by atoms with E-state index in [2.05, 4.69) is 41.2 Å². The van der Waals surface area contributed by atoms with Crippen LogP contribution in [0.1, 0.15) is 34.6 Å². The monoisotopic (exact) mass is 155 g/mol. The molecule has 0 fully saturated rings. The highest BCUT2D eigenvalue weighted by atomic mass is 14.6. The van der Waals surface area contributed by atoms with Crippen molar-refractivity contribution in [2.75, 3.05) is 0 Å². The van der Waals surface area contributed by atoms with Crippen LogP contribution in [0.4, 0.5) is 0 Å². The molecule has 0 radical (unpaired) electrons. The number of nitrogens with two attached hydrogens (primary N) is 1. The van der Waals surface area contributed by atoms with Gasteiger partial charge in [-0.05, 0) is 11.3 Å². The first-order valence-corrected chi connectivity index (χ1v) is 4.21. The Balaban J connectivity index is 4.49. The van der Waals surface area contributed by atoms with E-state index in [0.717, 1.165) is 5.70 Å². The zero-order chi connectivity index (χ0) is 9.23.